The van der Waals surface area contributed by atoms with E-state index in [4.69, 9.17) is 0 Å². The van der Waals surface area contributed by atoms with Gasteiger partial charge in [0.25, 0.3) is 5.91 Å². The Kier molecular flexibility index (Phi) is 7.24. The summed E-state index contributed by atoms with van der Waals surface area (Å²) < 4.78 is 0. The van der Waals surface area contributed by atoms with Crippen LogP contribution in [0, 0.1) is 5.92 Å². The minimum atomic E-state index is -1.02. The molecule has 0 aromatic heterocycles. The molecule has 2 aromatic rings. The number of aryl methyl sites for hydroxylation is 1. The molecule has 1 fully saturated rings. The molecule has 0 saturated heterocycles. The normalized spacial score (nSPS) is 15.7. The van der Waals surface area contributed by atoms with Crippen molar-refractivity contribution in [3.05, 3.63) is 71.3 Å². The fourth-order valence-corrected chi connectivity index (χ4v) is 4.01. The molecule has 1 aliphatic rings. The smallest absolute Gasteiger partial charge is 0.326 e. The molecule has 0 aliphatic heterocycles. The lowest BCUT2D eigenvalue weighted by molar-refractivity contribution is -0.139. The summed E-state index contributed by atoms with van der Waals surface area (Å²) in [6, 6.07) is 16.0. The molecule has 4 nitrogen and oxygen atoms in total. The molecule has 1 atom stereocenters. The Morgan fingerprint density at radius 3 is 2.39 bits per heavy atom. The predicted molar refractivity (Wildman–Crippen MR) is 110 cm³/mol. The third-order valence-corrected chi connectivity index (χ3v) is 5.64. The maximum Gasteiger partial charge on any atom is 0.326 e. The van der Waals surface area contributed by atoms with E-state index in [0.717, 1.165) is 29.9 Å². The van der Waals surface area contributed by atoms with Crippen molar-refractivity contribution in [2.75, 3.05) is 0 Å². The van der Waals surface area contributed by atoms with Crippen molar-refractivity contribution in [2.45, 2.75) is 57.4 Å². The Hall–Kier alpha value is -2.62. The topological polar surface area (TPSA) is 66.4 Å². The highest BCUT2D eigenvalue weighted by Crippen LogP contribution is 2.27. The number of hydrogen-bond acceptors (Lipinski definition) is 2. The van der Waals surface area contributed by atoms with E-state index in [2.05, 4.69) is 11.4 Å². The third kappa shape index (κ3) is 5.95. The minimum Gasteiger partial charge on any atom is -0.480 e. The van der Waals surface area contributed by atoms with Gasteiger partial charge in [-0.15, -0.1) is 0 Å². The zero-order valence-electron chi connectivity index (χ0n) is 16.3. The standard InChI is InChI=1S/C24H29NO3/c26-23(25-22(24(27)28)17-19-10-5-2-6-11-19)21-13-7-12-20(16-21)15-14-18-8-3-1-4-9-18/h2,5-7,10-13,16,18,22H,1,3-4,8-9,14-15,17H2,(H,25,26)(H,27,28)/t22-/m0/s1. The Labute approximate surface area is 167 Å². The summed E-state index contributed by atoms with van der Waals surface area (Å²) in [4.78, 5) is 24.2. The van der Waals surface area contributed by atoms with Gasteiger partial charge in [0.1, 0.15) is 6.04 Å². The lowest BCUT2D eigenvalue weighted by Crippen LogP contribution is -2.42. The van der Waals surface area contributed by atoms with Crippen LogP contribution in [-0.4, -0.2) is 23.0 Å². The van der Waals surface area contributed by atoms with Gasteiger partial charge in [-0.25, -0.2) is 4.79 Å². The first kappa shape index (κ1) is 20.1. The molecule has 0 spiro atoms. The Balaban J connectivity index is 1.60. The van der Waals surface area contributed by atoms with E-state index in [-0.39, 0.29) is 12.3 Å². The summed E-state index contributed by atoms with van der Waals surface area (Å²) in [5.74, 6) is -0.554. The molecule has 4 heteroatoms. The maximum atomic E-state index is 12.6. The van der Waals surface area contributed by atoms with Crippen LogP contribution in [0.15, 0.2) is 54.6 Å². The molecule has 1 saturated carbocycles. The maximum absolute atomic E-state index is 12.6. The molecule has 0 radical (unpaired) electrons. The van der Waals surface area contributed by atoms with E-state index in [0.29, 0.717) is 5.56 Å². The molecule has 2 N–H and O–H groups in total. The van der Waals surface area contributed by atoms with Gasteiger partial charge < -0.3 is 10.4 Å². The van der Waals surface area contributed by atoms with Crippen LogP contribution in [0.3, 0.4) is 0 Å². The first-order chi connectivity index (χ1) is 13.6. The molecule has 148 valence electrons. The number of carboxylic acid groups (broad SMARTS) is 1. The van der Waals surface area contributed by atoms with E-state index in [1.54, 1.807) is 6.07 Å². The summed E-state index contributed by atoms with van der Waals surface area (Å²) in [5.41, 5.74) is 2.56. The van der Waals surface area contributed by atoms with Gasteiger partial charge in [-0.05, 0) is 42.0 Å². The number of carboxylic acids is 1. The van der Waals surface area contributed by atoms with Gasteiger partial charge in [-0.3, -0.25) is 4.79 Å². The second-order valence-corrected chi connectivity index (χ2v) is 7.80. The molecule has 0 heterocycles. The Morgan fingerprint density at radius 2 is 1.68 bits per heavy atom. The molecule has 0 unspecified atom stereocenters. The van der Waals surface area contributed by atoms with Crippen LogP contribution in [0.2, 0.25) is 0 Å². The first-order valence-electron chi connectivity index (χ1n) is 10.3. The number of hydrogen-bond donors (Lipinski definition) is 2. The third-order valence-electron chi connectivity index (χ3n) is 5.64. The van der Waals surface area contributed by atoms with Gasteiger partial charge in [0, 0.05) is 12.0 Å². The summed E-state index contributed by atoms with van der Waals surface area (Å²) in [6.45, 7) is 0. The highest BCUT2D eigenvalue weighted by atomic mass is 16.4. The fourth-order valence-electron chi connectivity index (χ4n) is 4.01. The van der Waals surface area contributed by atoms with Gasteiger partial charge >= 0.3 is 5.97 Å². The molecule has 28 heavy (non-hydrogen) atoms. The summed E-state index contributed by atoms with van der Waals surface area (Å²) >= 11 is 0. The summed E-state index contributed by atoms with van der Waals surface area (Å²) in [6.07, 6.45) is 9.08. The van der Waals surface area contributed by atoms with Crippen LogP contribution in [-0.2, 0) is 17.6 Å². The fraction of sp³-hybridized carbons (Fsp3) is 0.417. The molecular weight excluding hydrogens is 350 g/mol. The van der Waals surface area contributed by atoms with Gasteiger partial charge in [0.2, 0.25) is 0 Å². The van der Waals surface area contributed by atoms with Crippen LogP contribution in [0.25, 0.3) is 0 Å². The van der Waals surface area contributed by atoms with Crippen LogP contribution in [0.4, 0.5) is 0 Å². The largest absolute Gasteiger partial charge is 0.480 e. The average molecular weight is 380 g/mol. The lowest BCUT2D eigenvalue weighted by Gasteiger charge is -2.21. The van der Waals surface area contributed by atoms with E-state index < -0.39 is 12.0 Å². The Bertz CT molecular complexity index is 781. The lowest BCUT2D eigenvalue weighted by atomic mass is 9.85. The van der Waals surface area contributed by atoms with Crippen molar-refractivity contribution in [2.24, 2.45) is 5.92 Å². The van der Waals surface area contributed by atoms with E-state index in [1.165, 1.54) is 32.1 Å². The van der Waals surface area contributed by atoms with Crippen molar-refractivity contribution in [3.8, 4) is 0 Å². The molecule has 2 aromatic carbocycles. The zero-order chi connectivity index (χ0) is 19.8. The summed E-state index contributed by atoms with van der Waals surface area (Å²) in [7, 11) is 0. The first-order valence-corrected chi connectivity index (χ1v) is 10.3. The van der Waals surface area contributed by atoms with Gasteiger partial charge in [-0.2, -0.15) is 0 Å². The molecule has 1 aliphatic carbocycles. The van der Waals surface area contributed by atoms with Gasteiger partial charge in [0.05, 0.1) is 0 Å². The quantitative estimate of drug-likeness (QED) is 0.703. The van der Waals surface area contributed by atoms with Gasteiger partial charge in [-0.1, -0.05) is 74.6 Å². The molecular formula is C24H29NO3. The molecule has 0 bridgehead atoms. The van der Waals surface area contributed by atoms with Crippen LogP contribution >= 0.6 is 0 Å². The second-order valence-electron chi connectivity index (χ2n) is 7.80. The van der Waals surface area contributed by atoms with Crippen LogP contribution in [0.5, 0.6) is 0 Å². The zero-order valence-corrected chi connectivity index (χ0v) is 16.3. The number of rotatable bonds is 8. The Morgan fingerprint density at radius 1 is 0.964 bits per heavy atom. The van der Waals surface area contributed by atoms with E-state index in [9.17, 15) is 14.7 Å². The van der Waals surface area contributed by atoms with Crippen molar-refractivity contribution in [1.82, 2.24) is 5.32 Å². The number of amides is 1. The second kappa shape index (κ2) is 10.1. The highest BCUT2D eigenvalue weighted by Gasteiger charge is 2.21. The number of aliphatic carboxylic acids is 1. The predicted octanol–water partition coefficient (Wildman–Crippen LogP) is 4.63. The SMILES string of the molecule is O=C(N[C@@H](Cc1ccccc1)C(=O)O)c1cccc(CCC2CCCCC2)c1. The number of nitrogens with one attached hydrogen (secondary N) is 1. The van der Waals surface area contributed by atoms with Crippen molar-refractivity contribution in [1.29, 1.82) is 0 Å². The minimum absolute atomic E-state index is 0.267. The van der Waals surface area contributed by atoms with E-state index in [1.807, 2.05) is 42.5 Å². The van der Waals surface area contributed by atoms with Crippen molar-refractivity contribution >= 4 is 11.9 Å². The summed E-state index contributed by atoms with van der Waals surface area (Å²) in [5, 5.41) is 12.2. The van der Waals surface area contributed by atoms with E-state index >= 15 is 0 Å². The number of carbonyl (C=O) groups is 2. The van der Waals surface area contributed by atoms with Crippen LogP contribution in [0.1, 0.15) is 60.0 Å². The highest BCUT2D eigenvalue weighted by molar-refractivity contribution is 5.96. The molecule has 3 rings (SSSR count). The van der Waals surface area contributed by atoms with Crippen molar-refractivity contribution in [3.63, 3.8) is 0 Å². The number of benzene rings is 2. The van der Waals surface area contributed by atoms with Gasteiger partial charge in [0.15, 0.2) is 0 Å². The average Bonchev–Trinajstić information content (AvgIpc) is 2.73. The molecule has 1 amide bonds. The number of carbonyl (C=O) groups excluding carboxylic acids is 1. The van der Waals surface area contributed by atoms with Crippen molar-refractivity contribution < 1.29 is 14.7 Å². The van der Waals surface area contributed by atoms with Crippen LogP contribution < -0.4 is 5.32 Å². The monoisotopic (exact) mass is 379 g/mol.